The monoisotopic (exact) mass is 465 g/mol. The molecule has 1 atom stereocenters. The number of nitrogens with one attached hydrogen (secondary N) is 1. The third-order valence-electron chi connectivity index (χ3n) is 6.45. The number of hydrogen-bond donors (Lipinski definition) is 2. The number of aliphatic carboxylic acids is 1. The molecule has 2 aromatic carbocycles. The van der Waals surface area contributed by atoms with Gasteiger partial charge in [-0.05, 0) is 73.4 Å². The molecule has 8 heteroatoms. The lowest BCUT2D eigenvalue weighted by molar-refractivity contribution is -0.138. The summed E-state index contributed by atoms with van der Waals surface area (Å²) in [5, 5.41) is 12.2. The number of fused-ring (bicyclic) bond motifs is 1. The number of amides is 1. The molecule has 0 heterocycles. The maximum Gasteiger partial charge on any atom is 0.420 e. The molecule has 1 aliphatic rings. The Morgan fingerprint density at radius 2 is 1.79 bits per heavy atom. The molecule has 0 bridgehead atoms. The first-order chi connectivity index (χ1) is 15.4. The van der Waals surface area contributed by atoms with E-state index >= 15 is 0 Å². The van der Waals surface area contributed by atoms with Gasteiger partial charge in [-0.3, -0.25) is 9.59 Å². The highest BCUT2D eigenvalue weighted by atomic mass is 19.4. The summed E-state index contributed by atoms with van der Waals surface area (Å²) in [5.41, 5.74) is -1.31. The molecule has 1 saturated carbocycles. The van der Waals surface area contributed by atoms with Crippen molar-refractivity contribution in [2.75, 3.05) is 0 Å². The highest BCUT2D eigenvalue weighted by Gasteiger charge is 2.38. The number of alkyl halides is 3. The third-order valence-corrected chi connectivity index (χ3v) is 6.45. The van der Waals surface area contributed by atoms with Gasteiger partial charge in [0.1, 0.15) is 11.3 Å². The highest BCUT2D eigenvalue weighted by Crippen LogP contribution is 2.43. The van der Waals surface area contributed by atoms with Crippen LogP contribution in [-0.2, 0) is 21.3 Å². The van der Waals surface area contributed by atoms with Crippen molar-refractivity contribution in [2.45, 2.75) is 77.1 Å². The molecule has 180 valence electrons. The lowest BCUT2D eigenvalue weighted by Crippen LogP contribution is -2.42. The largest absolute Gasteiger partial charge is 0.490 e. The van der Waals surface area contributed by atoms with Gasteiger partial charge < -0.3 is 15.2 Å². The van der Waals surface area contributed by atoms with E-state index in [1.54, 1.807) is 19.1 Å². The van der Waals surface area contributed by atoms with E-state index in [4.69, 9.17) is 9.84 Å². The van der Waals surface area contributed by atoms with Crippen LogP contribution in [0.4, 0.5) is 13.2 Å². The van der Waals surface area contributed by atoms with Crippen LogP contribution in [0.25, 0.3) is 10.8 Å². The zero-order valence-corrected chi connectivity index (χ0v) is 19.1. The van der Waals surface area contributed by atoms with Gasteiger partial charge in [0, 0.05) is 13.3 Å². The van der Waals surface area contributed by atoms with Crippen LogP contribution in [0.2, 0.25) is 0 Å². The van der Waals surface area contributed by atoms with Crippen molar-refractivity contribution in [3.8, 4) is 5.75 Å². The molecular formula is C25H30F3NO4. The fourth-order valence-corrected chi connectivity index (χ4v) is 4.60. The molecular weight excluding hydrogens is 435 g/mol. The topological polar surface area (TPSA) is 75.6 Å². The Morgan fingerprint density at radius 1 is 1.12 bits per heavy atom. The minimum absolute atomic E-state index is 0.0105. The summed E-state index contributed by atoms with van der Waals surface area (Å²) < 4.78 is 48.2. The Hall–Kier alpha value is -2.77. The van der Waals surface area contributed by atoms with Crippen LogP contribution in [0.5, 0.6) is 5.75 Å². The van der Waals surface area contributed by atoms with Gasteiger partial charge in [-0.25, -0.2) is 0 Å². The molecule has 1 fully saturated rings. The summed E-state index contributed by atoms with van der Waals surface area (Å²) >= 11 is 0. The zero-order chi connectivity index (χ0) is 24.4. The number of rotatable bonds is 7. The van der Waals surface area contributed by atoms with Crippen molar-refractivity contribution < 1.29 is 32.6 Å². The number of carbonyl (C=O) groups is 2. The average molecular weight is 466 g/mol. The molecule has 3 rings (SSSR count). The van der Waals surface area contributed by atoms with E-state index in [-0.39, 0.29) is 36.0 Å². The first-order valence-corrected chi connectivity index (χ1v) is 11.2. The van der Waals surface area contributed by atoms with E-state index in [9.17, 15) is 22.8 Å². The number of halogens is 3. The quantitative estimate of drug-likeness (QED) is 0.523. The molecule has 1 amide bonds. The maximum atomic E-state index is 14.1. The van der Waals surface area contributed by atoms with E-state index < -0.39 is 23.2 Å². The minimum Gasteiger partial charge on any atom is -0.490 e. The molecule has 0 saturated heterocycles. The molecule has 1 unspecified atom stereocenters. The van der Waals surface area contributed by atoms with Gasteiger partial charge >= 0.3 is 12.1 Å². The Kier molecular flexibility index (Phi) is 7.24. The van der Waals surface area contributed by atoms with E-state index in [1.165, 1.54) is 25.1 Å². The molecule has 0 aliphatic heterocycles. The number of carboxylic acid groups (broad SMARTS) is 1. The molecule has 1 aliphatic carbocycles. The van der Waals surface area contributed by atoms with Crippen molar-refractivity contribution in [1.29, 1.82) is 0 Å². The number of hydrogen-bond acceptors (Lipinski definition) is 3. The van der Waals surface area contributed by atoms with Gasteiger partial charge in [0.2, 0.25) is 5.91 Å². The van der Waals surface area contributed by atoms with E-state index in [1.807, 2.05) is 0 Å². The predicted octanol–water partition coefficient (Wildman–Crippen LogP) is 6.03. The molecule has 0 spiro atoms. The Balaban J connectivity index is 2.02. The lowest BCUT2D eigenvalue weighted by Gasteiger charge is -2.31. The molecule has 33 heavy (non-hydrogen) atoms. The first kappa shape index (κ1) is 24.9. The predicted molar refractivity (Wildman–Crippen MR) is 119 cm³/mol. The standard InChI is InChI=1S/C25H30F3NO4/c1-15-4-8-19(9-5-15)33-21-11-6-17-14-18(7-10-20(17)23(21)25(26,27)28)24(3,29-16(2)30)13-12-22(31)32/h6-7,10-11,14-15,19H,4-5,8-9,12-13H2,1-3H3,(H,29,30)(H,31,32)/t15-,19+,24?. The van der Waals surface area contributed by atoms with Gasteiger partial charge in [-0.1, -0.05) is 25.1 Å². The van der Waals surface area contributed by atoms with Gasteiger partial charge in [0.25, 0.3) is 0 Å². The van der Waals surface area contributed by atoms with Crippen LogP contribution in [-0.4, -0.2) is 23.1 Å². The SMILES string of the molecule is CC(=O)NC(C)(CCC(=O)O)c1ccc2c(C(F)(F)F)c(O[C@H]3CC[C@@H](C)CC3)ccc2c1. The van der Waals surface area contributed by atoms with Crippen molar-refractivity contribution in [3.05, 3.63) is 41.5 Å². The van der Waals surface area contributed by atoms with Gasteiger partial charge in [0.15, 0.2) is 0 Å². The Morgan fingerprint density at radius 3 is 2.36 bits per heavy atom. The fraction of sp³-hybridized carbons (Fsp3) is 0.520. The second-order valence-corrected chi connectivity index (χ2v) is 9.28. The van der Waals surface area contributed by atoms with E-state index in [0.717, 1.165) is 25.7 Å². The number of carboxylic acids is 1. The number of carbonyl (C=O) groups excluding carboxylic acids is 1. The smallest absolute Gasteiger partial charge is 0.420 e. The second kappa shape index (κ2) is 9.61. The highest BCUT2D eigenvalue weighted by molar-refractivity contribution is 5.89. The average Bonchev–Trinajstić information content (AvgIpc) is 2.72. The van der Waals surface area contributed by atoms with Gasteiger partial charge in [-0.2, -0.15) is 13.2 Å². The van der Waals surface area contributed by atoms with Crippen LogP contribution < -0.4 is 10.1 Å². The maximum absolute atomic E-state index is 14.1. The summed E-state index contributed by atoms with van der Waals surface area (Å²) in [5.74, 6) is -0.992. The van der Waals surface area contributed by atoms with Crippen LogP contribution >= 0.6 is 0 Å². The van der Waals surface area contributed by atoms with E-state index in [0.29, 0.717) is 16.9 Å². The van der Waals surface area contributed by atoms with Crippen LogP contribution in [0.3, 0.4) is 0 Å². The Labute approximate surface area is 191 Å². The summed E-state index contributed by atoms with van der Waals surface area (Å²) in [6, 6.07) is 7.42. The first-order valence-electron chi connectivity index (χ1n) is 11.2. The fourth-order valence-electron chi connectivity index (χ4n) is 4.60. The third kappa shape index (κ3) is 5.97. The molecule has 2 N–H and O–H groups in total. The van der Waals surface area contributed by atoms with Crippen molar-refractivity contribution in [2.24, 2.45) is 5.92 Å². The van der Waals surface area contributed by atoms with Crippen LogP contribution in [0, 0.1) is 5.92 Å². The molecule has 0 radical (unpaired) electrons. The molecule has 5 nitrogen and oxygen atoms in total. The minimum atomic E-state index is -4.61. The van der Waals surface area contributed by atoms with Crippen LogP contribution in [0.15, 0.2) is 30.3 Å². The summed E-state index contributed by atoms with van der Waals surface area (Å²) in [4.78, 5) is 22.9. The number of benzene rings is 2. The van der Waals surface area contributed by atoms with Gasteiger partial charge in [0.05, 0.1) is 11.6 Å². The van der Waals surface area contributed by atoms with Crippen molar-refractivity contribution >= 4 is 22.6 Å². The Bertz CT molecular complexity index is 1030. The molecule has 0 aromatic heterocycles. The lowest BCUT2D eigenvalue weighted by atomic mass is 9.85. The van der Waals surface area contributed by atoms with Crippen molar-refractivity contribution in [1.82, 2.24) is 5.32 Å². The van der Waals surface area contributed by atoms with Crippen molar-refractivity contribution in [3.63, 3.8) is 0 Å². The second-order valence-electron chi connectivity index (χ2n) is 9.28. The normalized spacial score (nSPS) is 20.8. The molecule has 2 aromatic rings. The summed E-state index contributed by atoms with van der Waals surface area (Å²) in [6.07, 6.45) is -1.62. The van der Waals surface area contributed by atoms with E-state index in [2.05, 4.69) is 12.2 Å². The number of ether oxygens (including phenoxy) is 1. The van der Waals surface area contributed by atoms with Gasteiger partial charge in [-0.15, -0.1) is 0 Å². The van der Waals surface area contributed by atoms with Crippen LogP contribution in [0.1, 0.15) is 70.4 Å². The summed E-state index contributed by atoms with van der Waals surface area (Å²) in [7, 11) is 0. The zero-order valence-electron chi connectivity index (χ0n) is 19.1. The summed E-state index contributed by atoms with van der Waals surface area (Å²) in [6.45, 7) is 5.12.